The highest BCUT2D eigenvalue weighted by Gasteiger charge is 2.29. The molecule has 2 amide bonds. The molecule has 0 radical (unpaired) electrons. The second kappa shape index (κ2) is 12.5. The molecule has 1 aliphatic heterocycles. The number of amides is 2. The number of benzene rings is 2. The van der Waals surface area contributed by atoms with Crippen LogP contribution in [0.25, 0.3) is 0 Å². The van der Waals surface area contributed by atoms with Gasteiger partial charge >= 0.3 is 0 Å². The van der Waals surface area contributed by atoms with Gasteiger partial charge in [0, 0.05) is 37.4 Å². The van der Waals surface area contributed by atoms with Gasteiger partial charge in [0.05, 0.1) is 0 Å². The van der Waals surface area contributed by atoms with Gasteiger partial charge in [0.15, 0.2) is 0 Å². The van der Waals surface area contributed by atoms with Crippen LogP contribution in [0.15, 0.2) is 72.9 Å². The van der Waals surface area contributed by atoms with Crippen LogP contribution in [-0.2, 0) is 11.2 Å². The Bertz CT molecular complexity index is 1150. The third-order valence-electron chi connectivity index (χ3n) is 6.26. The topological polar surface area (TPSA) is 74.8 Å². The molecule has 2 heterocycles. The first kappa shape index (κ1) is 25.7. The number of piperazine rings is 1. The molecule has 0 bridgehead atoms. The predicted molar refractivity (Wildman–Crippen MR) is 140 cm³/mol. The van der Waals surface area contributed by atoms with Gasteiger partial charge in [0.1, 0.15) is 17.4 Å². The van der Waals surface area contributed by atoms with Crippen molar-refractivity contribution in [3.8, 4) is 11.6 Å². The van der Waals surface area contributed by atoms with E-state index < -0.39 is 6.04 Å². The third-order valence-corrected chi connectivity index (χ3v) is 6.52. The van der Waals surface area contributed by atoms with Gasteiger partial charge < -0.3 is 19.9 Å². The van der Waals surface area contributed by atoms with Gasteiger partial charge in [-0.3, -0.25) is 9.59 Å². The summed E-state index contributed by atoms with van der Waals surface area (Å²) in [6, 6.07) is 19.7. The van der Waals surface area contributed by atoms with E-state index in [1.807, 2.05) is 30.1 Å². The first-order chi connectivity index (χ1) is 17.5. The van der Waals surface area contributed by atoms with Crippen LogP contribution in [0.3, 0.4) is 0 Å². The number of aromatic nitrogens is 1. The van der Waals surface area contributed by atoms with E-state index in [4.69, 9.17) is 16.3 Å². The molecule has 1 fully saturated rings. The fraction of sp³-hybridized carbons (Fsp3) is 0.321. The monoisotopic (exact) mass is 506 g/mol. The van der Waals surface area contributed by atoms with Gasteiger partial charge in [-0.2, -0.15) is 0 Å². The number of pyridine rings is 1. The van der Waals surface area contributed by atoms with Crippen molar-refractivity contribution in [2.75, 3.05) is 33.2 Å². The van der Waals surface area contributed by atoms with E-state index in [2.05, 4.69) is 27.3 Å². The molecule has 4 rings (SSSR count). The summed E-state index contributed by atoms with van der Waals surface area (Å²) < 4.78 is 5.86. The molecule has 1 saturated heterocycles. The van der Waals surface area contributed by atoms with Gasteiger partial charge in [0.2, 0.25) is 11.8 Å². The number of hydrogen-bond acceptors (Lipinski definition) is 5. The number of hydrogen-bond donors (Lipinski definition) is 1. The number of ether oxygens (including phenoxy) is 1. The Kier molecular flexibility index (Phi) is 8.92. The smallest absolute Gasteiger partial charge is 0.257 e. The molecular weight excluding hydrogens is 476 g/mol. The summed E-state index contributed by atoms with van der Waals surface area (Å²) in [5.74, 6) is 0.250. The molecule has 188 valence electrons. The van der Waals surface area contributed by atoms with E-state index in [0.717, 1.165) is 25.9 Å². The zero-order valence-corrected chi connectivity index (χ0v) is 21.2. The number of rotatable bonds is 9. The van der Waals surface area contributed by atoms with E-state index in [0.29, 0.717) is 30.3 Å². The van der Waals surface area contributed by atoms with Gasteiger partial charge in [-0.15, -0.1) is 0 Å². The minimum absolute atomic E-state index is 0.0476. The number of nitrogens with one attached hydrogen (secondary N) is 1. The van der Waals surface area contributed by atoms with E-state index in [9.17, 15) is 9.59 Å². The Hall–Kier alpha value is -3.42. The van der Waals surface area contributed by atoms with E-state index in [-0.39, 0.29) is 23.3 Å². The molecule has 0 aliphatic carbocycles. The lowest BCUT2D eigenvalue weighted by Gasteiger charge is -2.34. The molecule has 0 saturated carbocycles. The molecule has 7 nitrogen and oxygen atoms in total. The second-order valence-corrected chi connectivity index (χ2v) is 9.38. The van der Waals surface area contributed by atoms with E-state index in [1.54, 1.807) is 42.6 Å². The van der Waals surface area contributed by atoms with Gasteiger partial charge in [-0.1, -0.05) is 41.9 Å². The Balaban J connectivity index is 1.48. The van der Waals surface area contributed by atoms with Crippen LogP contribution in [0.1, 0.15) is 28.8 Å². The lowest BCUT2D eigenvalue weighted by atomic mass is 10.0. The SMILES string of the molecule is CN1CCN(C(=O)C(CCCc2ccccc2)NC(=O)c2cccnc2Oc2ccc(Cl)cc2)CC1. The maximum absolute atomic E-state index is 13.5. The highest BCUT2D eigenvalue weighted by atomic mass is 35.5. The minimum Gasteiger partial charge on any atom is -0.438 e. The largest absolute Gasteiger partial charge is 0.438 e. The zero-order chi connectivity index (χ0) is 25.3. The number of nitrogens with zero attached hydrogens (tertiary/aromatic N) is 3. The number of halogens is 1. The predicted octanol–water partition coefficient (Wildman–Crippen LogP) is 4.42. The Morgan fingerprint density at radius 2 is 1.72 bits per heavy atom. The van der Waals surface area contributed by atoms with Crippen molar-refractivity contribution in [2.45, 2.75) is 25.3 Å². The van der Waals surface area contributed by atoms with Crippen molar-refractivity contribution >= 4 is 23.4 Å². The lowest BCUT2D eigenvalue weighted by Crippen LogP contribution is -2.54. The van der Waals surface area contributed by atoms with Crippen LogP contribution in [0.2, 0.25) is 5.02 Å². The highest BCUT2D eigenvalue weighted by molar-refractivity contribution is 6.30. The summed E-state index contributed by atoms with van der Waals surface area (Å²) in [7, 11) is 2.05. The van der Waals surface area contributed by atoms with Gasteiger partial charge in [-0.05, 0) is 68.3 Å². The highest BCUT2D eigenvalue weighted by Crippen LogP contribution is 2.24. The van der Waals surface area contributed by atoms with Crippen LogP contribution in [0.5, 0.6) is 11.6 Å². The maximum Gasteiger partial charge on any atom is 0.257 e. The minimum atomic E-state index is -0.631. The summed E-state index contributed by atoms with van der Waals surface area (Å²) in [5, 5.41) is 3.56. The van der Waals surface area contributed by atoms with E-state index in [1.165, 1.54) is 5.56 Å². The summed E-state index contributed by atoms with van der Waals surface area (Å²) >= 11 is 5.96. The Morgan fingerprint density at radius 1 is 1.00 bits per heavy atom. The van der Waals surface area contributed by atoms with E-state index >= 15 is 0 Å². The number of likely N-dealkylation sites (N-methyl/N-ethyl adjacent to an activating group) is 1. The average Bonchev–Trinajstić information content (AvgIpc) is 2.90. The number of aryl methyl sites for hydroxylation is 1. The van der Waals surface area contributed by atoms with Crippen molar-refractivity contribution in [3.05, 3.63) is 89.1 Å². The van der Waals surface area contributed by atoms with Gasteiger partial charge in [0.25, 0.3) is 5.91 Å². The summed E-state index contributed by atoms with van der Waals surface area (Å²) in [5.41, 5.74) is 1.48. The van der Waals surface area contributed by atoms with Gasteiger partial charge in [-0.25, -0.2) is 4.98 Å². The fourth-order valence-corrected chi connectivity index (χ4v) is 4.28. The first-order valence-electron chi connectivity index (χ1n) is 12.2. The fourth-order valence-electron chi connectivity index (χ4n) is 4.15. The molecule has 1 aromatic heterocycles. The third kappa shape index (κ3) is 7.06. The van der Waals surface area contributed by atoms with Crippen LogP contribution >= 0.6 is 11.6 Å². The van der Waals surface area contributed by atoms with Crippen LogP contribution < -0.4 is 10.1 Å². The summed E-state index contributed by atoms with van der Waals surface area (Å²) in [6.45, 7) is 2.94. The molecule has 1 N–H and O–H groups in total. The zero-order valence-electron chi connectivity index (χ0n) is 20.4. The molecule has 8 heteroatoms. The molecule has 1 unspecified atom stereocenters. The normalized spacial score (nSPS) is 14.8. The number of carbonyl (C=O) groups excluding carboxylic acids is 2. The van der Waals surface area contributed by atoms with Crippen molar-refractivity contribution in [2.24, 2.45) is 0 Å². The molecular formula is C28H31ClN4O3. The Morgan fingerprint density at radius 3 is 2.44 bits per heavy atom. The molecule has 1 aliphatic rings. The molecule has 0 spiro atoms. The second-order valence-electron chi connectivity index (χ2n) is 8.94. The Labute approximate surface area is 217 Å². The van der Waals surface area contributed by atoms with Crippen LogP contribution in [0.4, 0.5) is 0 Å². The molecule has 36 heavy (non-hydrogen) atoms. The lowest BCUT2D eigenvalue weighted by molar-refractivity contribution is -0.135. The molecule has 3 aromatic rings. The van der Waals surface area contributed by atoms with Crippen molar-refractivity contribution in [1.82, 2.24) is 20.1 Å². The first-order valence-corrected chi connectivity index (χ1v) is 12.6. The standard InChI is InChI=1S/C28H31ClN4O3/c1-32-17-19-33(20-18-32)28(35)25(11-5-9-21-7-3-2-4-8-21)31-26(34)24-10-6-16-30-27(24)36-23-14-12-22(29)13-15-23/h2-4,6-8,10,12-16,25H,5,9,11,17-20H2,1H3,(H,31,34). The van der Waals surface area contributed by atoms with Crippen molar-refractivity contribution < 1.29 is 14.3 Å². The average molecular weight is 507 g/mol. The van der Waals surface area contributed by atoms with Crippen LogP contribution in [0, 0.1) is 0 Å². The summed E-state index contributed by atoms with van der Waals surface area (Å²) in [4.78, 5) is 35.1. The van der Waals surface area contributed by atoms with Crippen LogP contribution in [-0.4, -0.2) is 65.9 Å². The van der Waals surface area contributed by atoms with Crippen molar-refractivity contribution in [1.29, 1.82) is 0 Å². The van der Waals surface area contributed by atoms with Crippen molar-refractivity contribution in [3.63, 3.8) is 0 Å². The molecule has 1 atom stereocenters. The molecule has 2 aromatic carbocycles. The number of carbonyl (C=O) groups is 2. The summed E-state index contributed by atoms with van der Waals surface area (Å²) in [6.07, 6.45) is 3.71. The quantitative estimate of drug-likeness (QED) is 0.465. The maximum atomic E-state index is 13.5.